The van der Waals surface area contributed by atoms with Crippen LogP contribution in [-0.4, -0.2) is 36.7 Å². The molecule has 0 radical (unpaired) electrons. The molecule has 6 nitrogen and oxygen atoms in total. The Labute approximate surface area is 235 Å². The molecule has 4 atom stereocenters. The molecule has 40 heavy (non-hydrogen) atoms. The lowest BCUT2D eigenvalue weighted by molar-refractivity contribution is -0.128. The molecule has 1 spiro atoms. The van der Waals surface area contributed by atoms with Gasteiger partial charge in [0.05, 0.1) is 19.1 Å². The predicted octanol–water partition coefficient (Wildman–Crippen LogP) is 5.98. The molecule has 6 rings (SSSR count). The van der Waals surface area contributed by atoms with Crippen LogP contribution in [0.3, 0.4) is 0 Å². The molecule has 1 saturated heterocycles. The van der Waals surface area contributed by atoms with Crippen LogP contribution in [0.2, 0.25) is 0 Å². The molecule has 3 aromatic rings. The van der Waals surface area contributed by atoms with Crippen LogP contribution in [0, 0.1) is 18.3 Å². The van der Waals surface area contributed by atoms with Crippen molar-refractivity contribution < 1.29 is 19.1 Å². The van der Waals surface area contributed by atoms with Gasteiger partial charge >= 0.3 is 0 Å². The molecule has 0 aromatic heterocycles. The van der Waals surface area contributed by atoms with Crippen LogP contribution < -0.4 is 15.0 Å². The van der Waals surface area contributed by atoms with Crippen LogP contribution in [0.1, 0.15) is 54.7 Å². The van der Waals surface area contributed by atoms with Gasteiger partial charge in [-0.2, -0.15) is 0 Å². The molecule has 3 heterocycles. The van der Waals surface area contributed by atoms with Gasteiger partial charge in [-0.15, -0.1) is 0 Å². The van der Waals surface area contributed by atoms with Gasteiger partial charge in [0.15, 0.2) is 11.6 Å². The van der Waals surface area contributed by atoms with Gasteiger partial charge in [-0.1, -0.05) is 56.7 Å². The molecule has 0 saturated carbocycles. The van der Waals surface area contributed by atoms with Gasteiger partial charge in [0.2, 0.25) is 5.91 Å². The summed E-state index contributed by atoms with van der Waals surface area (Å²) < 4.78 is 5.33. The van der Waals surface area contributed by atoms with Gasteiger partial charge < -0.3 is 15.0 Å². The van der Waals surface area contributed by atoms with Crippen molar-refractivity contribution in [3.8, 4) is 5.75 Å². The van der Waals surface area contributed by atoms with Crippen LogP contribution >= 0.6 is 0 Å². The van der Waals surface area contributed by atoms with E-state index in [0.29, 0.717) is 17.0 Å². The zero-order valence-corrected chi connectivity index (χ0v) is 23.7. The number of amides is 1. The minimum Gasteiger partial charge on any atom is -0.497 e. The number of nitrogens with one attached hydrogen (secondary N) is 1. The summed E-state index contributed by atoms with van der Waals surface area (Å²) in [6.45, 7) is 9.73. The fourth-order valence-electron chi connectivity index (χ4n) is 6.92. The predicted molar refractivity (Wildman–Crippen MR) is 157 cm³/mol. The zero-order valence-electron chi connectivity index (χ0n) is 23.7. The normalized spacial score (nSPS) is 24.6. The number of hydrogen-bond donors (Lipinski definition) is 1. The number of methoxy groups -OCH3 is 1. The number of para-hydroxylation sites is 1. The number of nitrogens with zero attached hydrogens (tertiary/aromatic N) is 1. The van der Waals surface area contributed by atoms with Crippen molar-refractivity contribution in [2.75, 3.05) is 17.3 Å². The van der Waals surface area contributed by atoms with E-state index in [2.05, 4.69) is 22.4 Å². The maximum Gasteiger partial charge on any atom is 0.238 e. The van der Waals surface area contributed by atoms with Crippen molar-refractivity contribution in [1.29, 1.82) is 0 Å². The molecule has 6 heteroatoms. The zero-order chi connectivity index (χ0) is 28.6. The fraction of sp³-hybridized carbons (Fsp3) is 0.324. The highest BCUT2D eigenvalue weighted by Gasteiger charge is 2.71. The number of hydrogen-bond acceptors (Lipinski definition) is 5. The molecule has 204 valence electrons. The monoisotopic (exact) mass is 534 g/mol. The van der Waals surface area contributed by atoms with E-state index in [1.807, 2.05) is 71.0 Å². The Balaban J connectivity index is 1.69. The van der Waals surface area contributed by atoms with E-state index in [4.69, 9.17) is 4.74 Å². The molecule has 3 aliphatic rings. The second-order valence-corrected chi connectivity index (χ2v) is 12.2. The van der Waals surface area contributed by atoms with Crippen LogP contribution in [0.25, 0.3) is 5.57 Å². The molecule has 1 fully saturated rings. The van der Waals surface area contributed by atoms with E-state index < -0.39 is 28.8 Å². The Hall–Kier alpha value is -4.19. The van der Waals surface area contributed by atoms with E-state index >= 15 is 0 Å². The fourth-order valence-corrected chi connectivity index (χ4v) is 6.92. The van der Waals surface area contributed by atoms with E-state index in [0.717, 1.165) is 28.0 Å². The Kier molecular flexibility index (Phi) is 5.81. The maximum absolute atomic E-state index is 14.8. The summed E-state index contributed by atoms with van der Waals surface area (Å²) in [7, 11) is 1.58. The smallest absolute Gasteiger partial charge is 0.238 e. The summed E-state index contributed by atoms with van der Waals surface area (Å²) in [6, 6.07) is 19.3. The molecular formula is C34H34N2O4. The first-order valence-corrected chi connectivity index (χ1v) is 13.7. The van der Waals surface area contributed by atoms with E-state index in [-0.39, 0.29) is 17.5 Å². The van der Waals surface area contributed by atoms with Gasteiger partial charge in [0.25, 0.3) is 0 Å². The first-order valence-electron chi connectivity index (χ1n) is 13.7. The van der Waals surface area contributed by atoms with Crippen LogP contribution in [0.4, 0.5) is 11.4 Å². The van der Waals surface area contributed by atoms with Crippen molar-refractivity contribution in [3.05, 3.63) is 95.1 Å². The van der Waals surface area contributed by atoms with Crippen molar-refractivity contribution in [3.63, 3.8) is 0 Å². The maximum atomic E-state index is 14.8. The summed E-state index contributed by atoms with van der Waals surface area (Å²) in [5.41, 5.74) is 3.84. The Morgan fingerprint density at radius 1 is 0.975 bits per heavy atom. The average Bonchev–Trinajstić information content (AvgIpc) is 3.39. The largest absolute Gasteiger partial charge is 0.497 e. The minimum atomic E-state index is -1.30. The number of ether oxygens (including phenoxy) is 1. The summed E-state index contributed by atoms with van der Waals surface area (Å²) in [5, 5.41) is 3.09. The molecule has 0 unspecified atom stereocenters. The van der Waals surface area contributed by atoms with Crippen LogP contribution in [-0.2, 0) is 15.0 Å². The quantitative estimate of drug-likeness (QED) is 0.417. The number of allylic oxidation sites excluding steroid dienone is 1. The third-order valence-corrected chi connectivity index (χ3v) is 8.80. The van der Waals surface area contributed by atoms with Gasteiger partial charge in [0.1, 0.15) is 17.2 Å². The third kappa shape index (κ3) is 3.51. The number of carbonyl (C=O) groups is 3. The van der Waals surface area contributed by atoms with Gasteiger partial charge in [-0.3, -0.25) is 14.4 Å². The number of ketones is 2. The Bertz CT molecular complexity index is 1600. The first-order chi connectivity index (χ1) is 19.0. The summed E-state index contributed by atoms with van der Waals surface area (Å²) in [4.78, 5) is 45.8. The van der Waals surface area contributed by atoms with Crippen LogP contribution in [0.15, 0.2) is 72.8 Å². The topological polar surface area (TPSA) is 75.7 Å². The number of benzene rings is 3. The van der Waals surface area contributed by atoms with Gasteiger partial charge in [-0.25, -0.2) is 0 Å². The summed E-state index contributed by atoms with van der Waals surface area (Å²) in [6.07, 6.45) is 2.09. The van der Waals surface area contributed by atoms with E-state index in [9.17, 15) is 14.4 Å². The molecule has 1 N–H and O–H groups in total. The van der Waals surface area contributed by atoms with Crippen molar-refractivity contribution in [1.82, 2.24) is 0 Å². The molecule has 1 amide bonds. The van der Waals surface area contributed by atoms with Crippen molar-refractivity contribution in [2.24, 2.45) is 11.3 Å². The second-order valence-electron chi connectivity index (χ2n) is 12.2. The highest BCUT2D eigenvalue weighted by molar-refractivity contribution is 6.17. The lowest BCUT2D eigenvalue weighted by Crippen LogP contribution is -2.51. The number of Topliss-reactive ketones (excluding diaryl/α,β-unsaturated/α-hetero) is 2. The van der Waals surface area contributed by atoms with E-state index in [1.54, 1.807) is 31.4 Å². The molecule has 0 aliphatic carbocycles. The van der Waals surface area contributed by atoms with Gasteiger partial charge in [0, 0.05) is 27.9 Å². The number of anilines is 2. The highest BCUT2D eigenvalue weighted by Crippen LogP contribution is 2.59. The Morgan fingerprint density at radius 2 is 1.68 bits per heavy atom. The summed E-state index contributed by atoms with van der Waals surface area (Å²) >= 11 is 0. The number of fused-ring (bicyclic) bond motifs is 6. The molecule has 3 aromatic carbocycles. The number of carbonyl (C=O) groups excluding carboxylic acids is 3. The highest BCUT2D eigenvalue weighted by atomic mass is 16.5. The lowest BCUT2D eigenvalue weighted by atomic mass is 9.63. The first kappa shape index (κ1) is 26.1. The number of rotatable bonds is 4. The second kappa shape index (κ2) is 8.91. The molecule has 0 bridgehead atoms. The standard InChI is InChI=1S/C34H34N2O4/c1-19-11-16-26-23(17-19)20(2)18-27-34(24-9-7-8-10-25(24)35-32(34)39)28(29(36(26)27)31(38)33(3,4)5)30(37)21-12-14-22(40-6)15-13-21/h7-18,27-29H,1-6H3,(H,35,39)/t27-,28-,29+,34-/m1/s1. The average molecular weight is 535 g/mol. The lowest BCUT2D eigenvalue weighted by Gasteiger charge is -2.40. The molecule has 3 aliphatic heterocycles. The van der Waals surface area contributed by atoms with Crippen LogP contribution in [0.5, 0.6) is 5.75 Å². The Morgan fingerprint density at radius 3 is 2.35 bits per heavy atom. The SMILES string of the molecule is COc1ccc(C(=O)[C@H]2[C@@H](C(=O)C(C)(C)C)N3c4ccc(C)cc4C(C)=C[C@@H]3[C@@]23C(=O)Nc2ccccc23)cc1. The summed E-state index contributed by atoms with van der Waals surface area (Å²) in [5.74, 6) is -0.884. The van der Waals surface area contributed by atoms with Crippen molar-refractivity contribution >= 4 is 34.4 Å². The van der Waals surface area contributed by atoms with Gasteiger partial charge in [-0.05, 0) is 67.4 Å². The number of aryl methyl sites for hydroxylation is 1. The molecular weight excluding hydrogens is 500 g/mol. The third-order valence-electron chi connectivity index (χ3n) is 8.80. The van der Waals surface area contributed by atoms with Crippen molar-refractivity contribution in [2.45, 2.75) is 52.1 Å². The van der Waals surface area contributed by atoms with E-state index in [1.165, 1.54) is 0 Å². The minimum absolute atomic E-state index is 0.0714.